The summed E-state index contributed by atoms with van der Waals surface area (Å²) < 4.78 is 5.03. The molecule has 0 saturated carbocycles. The second-order valence-electron chi connectivity index (χ2n) is 3.32. The number of methoxy groups -OCH3 is 1. The van der Waals surface area contributed by atoms with Gasteiger partial charge in [-0.1, -0.05) is 25.8 Å². The molecule has 1 radical (unpaired) electrons. The van der Waals surface area contributed by atoms with Crippen molar-refractivity contribution in [1.82, 2.24) is 0 Å². The standard InChI is InChI=1S/C12H17O2/c1-3-4-5-6-10-7-8-11(13)12(9-10)14-2/h7-9,13H,1,3-6H2,2H3. The zero-order valence-electron chi connectivity index (χ0n) is 8.62. The number of benzene rings is 1. The second kappa shape index (κ2) is 5.53. The molecule has 0 heterocycles. The smallest absolute Gasteiger partial charge is 0.160 e. The lowest BCUT2D eigenvalue weighted by Gasteiger charge is -2.06. The highest BCUT2D eigenvalue weighted by Crippen LogP contribution is 2.26. The molecule has 14 heavy (non-hydrogen) atoms. The first kappa shape index (κ1) is 10.9. The van der Waals surface area contributed by atoms with E-state index in [9.17, 15) is 5.11 Å². The van der Waals surface area contributed by atoms with Gasteiger partial charge in [0, 0.05) is 0 Å². The van der Waals surface area contributed by atoms with Crippen LogP contribution in [0.4, 0.5) is 0 Å². The quantitative estimate of drug-likeness (QED) is 0.728. The van der Waals surface area contributed by atoms with Gasteiger partial charge in [0.15, 0.2) is 11.5 Å². The monoisotopic (exact) mass is 193 g/mol. The van der Waals surface area contributed by atoms with Crippen LogP contribution in [0.3, 0.4) is 0 Å². The van der Waals surface area contributed by atoms with Crippen molar-refractivity contribution in [3.63, 3.8) is 0 Å². The first-order chi connectivity index (χ1) is 6.77. The van der Waals surface area contributed by atoms with Gasteiger partial charge in [0.2, 0.25) is 0 Å². The predicted octanol–water partition coefficient (Wildman–Crippen LogP) is 2.95. The topological polar surface area (TPSA) is 29.5 Å². The Bertz CT molecular complexity index is 282. The summed E-state index contributed by atoms with van der Waals surface area (Å²) in [6.45, 7) is 3.80. The number of aryl methyl sites for hydroxylation is 1. The molecule has 0 saturated heterocycles. The minimum Gasteiger partial charge on any atom is -0.504 e. The first-order valence-electron chi connectivity index (χ1n) is 4.93. The largest absolute Gasteiger partial charge is 0.504 e. The maximum absolute atomic E-state index is 9.37. The van der Waals surface area contributed by atoms with Crippen molar-refractivity contribution in [2.75, 3.05) is 7.11 Å². The van der Waals surface area contributed by atoms with Crippen LogP contribution >= 0.6 is 0 Å². The van der Waals surface area contributed by atoms with E-state index in [2.05, 4.69) is 6.92 Å². The second-order valence-corrected chi connectivity index (χ2v) is 3.32. The van der Waals surface area contributed by atoms with E-state index < -0.39 is 0 Å². The van der Waals surface area contributed by atoms with E-state index in [4.69, 9.17) is 4.74 Å². The van der Waals surface area contributed by atoms with Crippen LogP contribution < -0.4 is 4.74 Å². The molecule has 0 amide bonds. The zero-order chi connectivity index (χ0) is 10.4. The molecule has 0 aliphatic carbocycles. The highest BCUT2D eigenvalue weighted by atomic mass is 16.5. The molecule has 0 fully saturated rings. The summed E-state index contributed by atoms with van der Waals surface area (Å²) in [7, 11) is 1.56. The molecule has 2 nitrogen and oxygen atoms in total. The molecule has 0 bridgehead atoms. The van der Waals surface area contributed by atoms with Crippen molar-refractivity contribution >= 4 is 0 Å². The number of phenols is 1. The summed E-state index contributed by atoms with van der Waals surface area (Å²) in [6.07, 6.45) is 4.28. The van der Waals surface area contributed by atoms with E-state index in [-0.39, 0.29) is 5.75 Å². The fourth-order valence-electron chi connectivity index (χ4n) is 1.38. The number of phenolic OH excluding ortho intramolecular Hbond substituents is 1. The molecule has 1 rings (SSSR count). The minimum absolute atomic E-state index is 0.202. The first-order valence-corrected chi connectivity index (χ1v) is 4.93. The summed E-state index contributed by atoms with van der Waals surface area (Å²) in [6, 6.07) is 5.50. The lowest BCUT2D eigenvalue weighted by Crippen LogP contribution is -1.89. The van der Waals surface area contributed by atoms with Crippen molar-refractivity contribution in [3.05, 3.63) is 30.7 Å². The summed E-state index contributed by atoms with van der Waals surface area (Å²) in [4.78, 5) is 0. The lowest BCUT2D eigenvalue weighted by atomic mass is 10.1. The number of unbranched alkanes of at least 4 members (excludes halogenated alkanes) is 2. The van der Waals surface area contributed by atoms with Crippen LogP contribution in [0.15, 0.2) is 18.2 Å². The molecular weight excluding hydrogens is 176 g/mol. The SMILES string of the molecule is [CH2]CCCCc1ccc(O)c(OC)c1. The molecule has 0 atom stereocenters. The molecule has 0 aliphatic heterocycles. The molecule has 0 aromatic heterocycles. The van der Waals surface area contributed by atoms with E-state index in [1.165, 1.54) is 5.56 Å². The highest BCUT2D eigenvalue weighted by molar-refractivity contribution is 5.41. The fourth-order valence-corrected chi connectivity index (χ4v) is 1.38. The predicted molar refractivity (Wildman–Crippen MR) is 57.6 cm³/mol. The Morgan fingerprint density at radius 2 is 2.14 bits per heavy atom. The Hall–Kier alpha value is -1.18. The number of rotatable bonds is 5. The van der Waals surface area contributed by atoms with Gasteiger partial charge >= 0.3 is 0 Å². The summed E-state index contributed by atoms with van der Waals surface area (Å²) in [5.41, 5.74) is 1.20. The van der Waals surface area contributed by atoms with Gasteiger partial charge in [-0.2, -0.15) is 0 Å². The van der Waals surface area contributed by atoms with Crippen LogP contribution in [0.1, 0.15) is 24.8 Å². The van der Waals surface area contributed by atoms with Crippen molar-refractivity contribution in [2.24, 2.45) is 0 Å². The van der Waals surface area contributed by atoms with Gasteiger partial charge in [0.1, 0.15) is 0 Å². The molecule has 1 aromatic rings. The molecule has 77 valence electrons. The van der Waals surface area contributed by atoms with Crippen LogP contribution in [0.2, 0.25) is 0 Å². The van der Waals surface area contributed by atoms with Crippen LogP contribution in [0.5, 0.6) is 11.5 Å². The van der Waals surface area contributed by atoms with E-state index in [0.717, 1.165) is 25.7 Å². The summed E-state index contributed by atoms with van der Waals surface area (Å²) in [5, 5.41) is 9.37. The maximum Gasteiger partial charge on any atom is 0.160 e. The Labute approximate surface area is 85.5 Å². The van der Waals surface area contributed by atoms with Crippen LogP contribution in [-0.4, -0.2) is 12.2 Å². The number of hydrogen-bond acceptors (Lipinski definition) is 2. The van der Waals surface area contributed by atoms with Gasteiger partial charge < -0.3 is 9.84 Å². The van der Waals surface area contributed by atoms with Crippen molar-refractivity contribution < 1.29 is 9.84 Å². The number of ether oxygens (including phenoxy) is 1. The molecule has 0 unspecified atom stereocenters. The number of hydrogen-bond donors (Lipinski definition) is 1. The third kappa shape index (κ3) is 2.95. The molecule has 1 aromatic carbocycles. The van der Waals surface area contributed by atoms with Gasteiger partial charge in [0.25, 0.3) is 0 Å². The van der Waals surface area contributed by atoms with Crippen molar-refractivity contribution in [3.8, 4) is 11.5 Å². The normalized spacial score (nSPS) is 10.1. The van der Waals surface area contributed by atoms with E-state index in [0.29, 0.717) is 5.75 Å². The van der Waals surface area contributed by atoms with E-state index in [1.54, 1.807) is 13.2 Å². The molecular formula is C12H17O2. The van der Waals surface area contributed by atoms with Crippen molar-refractivity contribution in [1.29, 1.82) is 0 Å². The van der Waals surface area contributed by atoms with E-state index >= 15 is 0 Å². The van der Waals surface area contributed by atoms with Crippen LogP contribution in [0.25, 0.3) is 0 Å². The van der Waals surface area contributed by atoms with Crippen LogP contribution in [0, 0.1) is 6.92 Å². The summed E-state index contributed by atoms with van der Waals surface area (Å²) >= 11 is 0. The van der Waals surface area contributed by atoms with Crippen molar-refractivity contribution in [2.45, 2.75) is 25.7 Å². The van der Waals surface area contributed by atoms with Gasteiger partial charge in [-0.15, -0.1) is 0 Å². The van der Waals surface area contributed by atoms with Gasteiger partial charge in [-0.3, -0.25) is 0 Å². The Kier molecular flexibility index (Phi) is 4.30. The van der Waals surface area contributed by atoms with Crippen LogP contribution in [-0.2, 0) is 6.42 Å². The van der Waals surface area contributed by atoms with Gasteiger partial charge in [0.05, 0.1) is 7.11 Å². The Morgan fingerprint density at radius 3 is 2.79 bits per heavy atom. The average Bonchev–Trinajstić information content (AvgIpc) is 2.21. The molecule has 0 spiro atoms. The highest BCUT2D eigenvalue weighted by Gasteiger charge is 2.01. The fraction of sp³-hybridized carbons (Fsp3) is 0.417. The lowest BCUT2D eigenvalue weighted by molar-refractivity contribution is 0.373. The minimum atomic E-state index is 0.202. The molecule has 2 heteroatoms. The maximum atomic E-state index is 9.37. The van der Waals surface area contributed by atoms with Gasteiger partial charge in [-0.25, -0.2) is 0 Å². The average molecular weight is 193 g/mol. The summed E-state index contributed by atoms with van der Waals surface area (Å²) in [5.74, 6) is 0.755. The van der Waals surface area contributed by atoms with E-state index in [1.807, 2.05) is 12.1 Å². The van der Waals surface area contributed by atoms with Gasteiger partial charge in [-0.05, 0) is 30.5 Å². The zero-order valence-corrected chi connectivity index (χ0v) is 8.62. The third-order valence-electron chi connectivity index (χ3n) is 2.21. The Morgan fingerprint density at radius 1 is 1.36 bits per heavy atom. The third-order valence-corrected chi connectivity index (χ3v) is 2.21. The number of aromatic hydroxyl groups is 1. The molecule has 0 aliphatic rings. The molecule has 1 N–H and O–H groups in total. The Balaban J connectivity index is 2.60.